The van der Waals surface area contributed by atoms with Crippen LogP contribution in [0.2, 0.25) is 5.02 Å². The molecule has 0 heterocycles. The molecule has 0 unspecified atom stereocenters. The van der Waals surface area contributed by atoms with E-state index in [9.17, 15) is 4.39 Å². The van der Waals surface area contributed by atoms with Crippen LogP contribution in [-0.2, 0) is 0 Å². The number of anilines is 1. The summed E-state index contributed by atoms with van der Waals surface area (Å²) < 4.78 is 23.5. The molecule has 2 rings (SSSR count). The summed E-state index contributed by atoms with van der Waals surface area (Å²) in [6.07, 6.45) is 0. The minimum absolute atomic E-state index is 0.294. The number of hydrogen-bond acceptors (Lipinski definition) is 3. The van der Waals surface area contributed by atoms with Crippen molar-refractivity contribution in [1.29, 1.82) is 0 Å². The van der Waals surface area contributed by atoms with Crippen LogP contribution in [0, 0.1) is 5.82 Å². The summed E-state index contributed by atoms with van der Waals surface area (Å²) in [5.74, 6) is 0.860. The third-order valence-corrected chi connectivity index (χ3v) is 2.63. The van der Waals surface area contributed by atoms with E-state index in [0.29, 0.717) is 35.4 Å². The molecule has 2 N–H and O–H groups in total. The Balaban J connectivity index is 1.79. The summed E-state index contributed by atoms with van der Waals surface area (Å²) in [5.41, 5.74) is 6.22. The molecule has 0 radical (unpaired) electrons. The van der Waals surface area contributed by atoms with Gasteiger partial charge in [-0.15, -0.1) is 0 Å². The van der Waals surface area contributed by atoms with Gasteiger partial charge in [0.1, 0.15) is 30.5 Å². The Morgan fingerprint density at radius 2 is 1.68 bits per heavy atom. The summed E-state index contributed by atoms with van der Waals surface area (Å²) in [4.78, 5) is 0. The number of rotatable bonds is 5. The van der Waals surface area contributed by atoms with Crippen molar-refractivity contribution in [1.82, 2.24) is 0 Å². The molecule has 0 aliphatic carbocycles. The smallest absolute Gasteiger partial charge is 0.142 e. The van der Waals surface area contributed by atoms with Crippen molar-refractivity contribution in [2.45, 2.75) is 0 Å². The maximum Gasteiger partial charge on any atom is 0.142 e. The minimum Gasteiger partial charge on any atom is -0.490 e. The van der Waals surface area contributed by atoms with Gasteiger partial charge in [0.15, 0.2) is 0 Å². The first kappa shape index (κ1) is 13.5. The van der Waals surface area contributed by atoms with E-state index in [-0.39, 0.29) is 5.82 Å². The molecule has 2 aromatic rings. The molecule has 0 spiro atoms. The van der Waals surface area contributed by atoms with Crippen LogP contribution in [0.25, 0.3) is 0 Å². The summed E-state index contributed by atoms with van der Waals surface area (Å²) in [5, 5.41) is 0.562. The maximum absolute atomic E-state index is 12.7. The van der Waals surface area contributed by atoms with E-state index < -0.39 is 0 Å². The topological polar surface area (TPSA) is 44.5 Å². The van der Waals surface area contributed by atoms with E-state index in [2.05, 4.69) is 0 Å². The Bertz CT molecular complexity index is 546. The van der Waals surface area contributed by atoms with Crippen molar-refractivity contribution in [2.24, 2.45) is 0 Å². The number of hydrogen-bond donors (Lipinski definition) is 1. The number of nitrogens with two attached hydrogens (primary N) is 1. The molecular formula is C14H13ClFNO2. The summed E-state index contributed by atoms with van der Waals surface area (Å²) in [6.45, 7) is 0.677. The van der Waals surface area contributed by atoms with Gasteiger partial charge >= 0.3 is 0 Å². The summed E-state index contributed by atoms with van der Waals surface area (Å²) >= 11 is 5.78. The zero-order chi connectivity index (χ0) is 13.7. The van der Waals surface area contributed by atoms with Crippen molar-refractivity contribution >= 4 is 17.3 Å². The van der Waals surface area contributed by atoms with Gasteiger partial charge in [-0.1, -0.05) is 11.6 Å². The van der Waals surface area contributed by atoms with Gasteiger partial charge in [-0.2, -0.15) is 0 Å². The van der Waals surface area contributed by atoms with Gasteiger partial charge in [-0.3, -0.25) is 0 Å². The maximum atomic E-state index is 12.7. The van der Waals surface area contributed by atoms with Crippen LogP contribution in [0.1, 0.15) is 0 Å². The fourth-order valence-electron chi connectivity index (χ4n) is 1.49. The molecule has 0 aromatic heterocycles. The Hall–Kier alpha value is -1.94. The first-order chi connectivity index (χ1) is 9.15. The van der Waals surface area contributed by atoms with Gasteiger partial charge in [0.25, 0.3) is 0 Å². The molecule has 0 amide bonds. The highest BCUT2D eigenvalue weighted by molar-refractivity contribution is 6.30. The third kappa shape index (κ3) is 4.03. The van der Waals surface area contributed by atoms with Crippen molar-refractivity contribution in [3.05, 3.63) is 53.3 Å². The van der Waals surface area contributed by atoms with Crippen molar-refractivity contribution in [3.63, 3.8) is 0 Å². The van der Waals surface area contributed by atoms with Crippen LogP contribution in [0.4, 0.5) is 10.1 Å². The molecule has 0 atom stereocenters. The van der Waals surface area contributed by atoms with E-state index in [1.54, 1.807) is 30.3 Å². The second-order valence-electron chi connectivity index (χ2n) is 3.83. The fourth-order valence-corrected chi connectivity index (χ4v) is 1.67. The lowest BCUT2D eigenvalue weighted by Gasteiger charge is -2.10. The predicted molar refractivity (Wildman–Crippen MR) is 73.3 cm³/mol. The van der Waals surface area contributed by atoms with Gasteiger partial charge < -0.3 is 15.2 Å². The van der Waals surface area contributed by atoms with E-state index in [1.165, 1.54) is 12.1 Å². The molecule has 0 saturated carbocycles. The van der Waals surface area contributed by atoms with Crippen LogP contribution in [0.15, 0.2) is 42.5 Å². The van der Waals surface area contributed by atoms with Crippen LogP contribution in [-0.4, -0.2) is 13.2 Å². The van der Waals surface area contributed by atoms with Gasteiger partial charge in [0.2, 0.25) is 0 Å². The van der Waals surface area contributed by atoms with E-state index >= 15 is 0 Å². The first-order valence-electron chi connectivity index (χ1n) is 5.71. The molecule has 2 aromatic carbocycles. The molecule has 19 heavy (non-hydrogen) atoms. The number of benzene rings is 2. The number of ether oxygens (including phenoxy) is 2. The molecule has 100 valence electrons. The highest BCUT2D eigenvalue weighted by Gasteiger charge is 2.01. The van der Waals surface area contributed by atoms with Crippen LogP contribution >= 0.6 is 11.6 Å². The second kappa shape index (κ2) is 6.29. The molecule has 3 nitrogen and oxygen atoms in total. The zero-order valence-electron chi connectivity index (χ0n) is 10.1. The lowest BCUT2D eigenvalue weighted by molar-refractivity contribution is 0.218. The van der Waals surface area contributed by atoms with Crippen LogP contribution in [0.3, 0.4) is 0 Å². The fraction of sp³-hybridized carbons (Fsp3) is 0.143. The Labute approximate surface area is 115 Å². The molecule has 0 bridgehead atoms. The largest absolute Gasteiger partial charge is 0.490 e. The Kier molecular flexibility index (Phi) is 4.47. The first-order valence-corrected chi connectivity index (χ1v) is 6.09. The molecule has 0 aliphatic rings. The highest BCUT2D eigenvalue weighted by atomic mass is 35.5. The molecular weight excluding hydrogens is 269 g/mol. The van der Waals surface area contributed by atoms with Gasteiger partial charge in [0, 0.05) is 5.02 Å². The lowest BCUT2D eigenvalue weighted by Crippen LogP contribution is -2.09. The monoisotopic (exact) mass is 281 g/mol. The Morgan fingerprint density at radius 1 is 1.00 bits per heavy atom. The highest BCUT2D eigenvalue weighted by Crippen LogP contribution is 2.24. The van der Waals surface area contributed by atoms with E-state index in [1.807, 2.05) is 0 Å². The predicted octanol–water partition coefficient (Wildman–Crippen LogP) is 3.52. The second-order valence-corrected chi connectivity index (χ2v) is 4.27. The standard InChI is InChI=1S/C14H13ClFNO2/c15-10-1-6-14(13(17)9-10)19-8-7-18-12-4-2-11(16)3-5-12/h1-6,9H,7-8,17H2. The Morgan fingerprint density at radius 3 is 2.37 bits per heavy atom. The van der Waals surface area contributed by atoms with Crippen molar-refractivity contribution in [2.75, 3.05) is 18.9 Å². The number of halogens is 2. The van der Waals surface area contributed by atoms with Crippen molar-refractivity contribution < 1.29 is 13.9 Å². The van der Waals surface area contributed by atoms with Crippen molar-refractivity contribution in [3.8, 4) is 11.5 Å². The summed E-state index contributed by atoms with van der Waals surface area (Å²) in [7, 11) is 0. The van der Waals surface area contributed by atoms with Crippen LogP contribution in [0.5, 0.6) is 11.5 Å². The van der Waals surface area contributed by atoms with Crippen LogP contribution < -0.4 is 15.2 Å². The quantitative estimate of drug-likeness (QED) is 0.674. The normalized spacial score (nSPS) is 10.2. The molecule has 0 aliphatic heterocycles. The molecule has 0 saturated heterocycles. The van der Waals surface area contributed by atoms with Gasteiger partial charge in [0.05, 0.1) is 5.69 Å². The minimum atomic E-state index is -0.294. The number of nitrogen functional groups attached to an aromatic ring is 1. The molecule has 0 fully saturated rings. The lowest BCUT2D eigenvalue weighted by atomic mass is 10.3. The average molecular weight is 282 g/mol. The zero-order valence-corrected chi connectivity index (χ0v) is 10.9. The van der Waals surface area contributed by atoms with Gasteiger partial charge in [-0.25, -0.2) is 4.39 Å². The SMILES string of the molecule is Nc1cc(Cl)ccc1OCCOc1ccc(F)cc1. The average Bonchev–Trinajstić information content (AvgIpc) is 2.39. The van der Waals surface area contributed by atoms with Gasteiger partial charge in [-0.05, 0) is 42.5 Å². The third-order valence-electron chi connectivity index (χ3n) is 2.40. The summed E-state index contributed by atoms with van der Waals surface area (Å²) in [6, 6.07) is 10.8. The molecule has 5 heteroatoms. The van der Waals surface area contributed by atoms with E-state index in [4.69, 9.17) is 26.8 Å². The van der Waals surface area contributed by atoms with E-state index in [0.717, 1.165) is 0 Å².